The Kier molecular flexibility index (Phi) is 10.9. The average Bonchev–Trinajstić information content (AvgIpc) is 2.49. The quantitative estimate of drug-likeness (QED) is 0.186. The van der Waals surface area contributed by atoms with Crippen molar-refractivity contribution < 1.29 is 10.2 Å². The van der Waals surface area contributed by atoms with Crippen molar-refractivity contribution in [3.05, 3.63) is 48.5 Å². The molecule has 118 valence electrons. The van der Waals surface area contributed by atoms with Crippen LogP contribution in [0.15, 0.2) is 53.5 Å². The zero-order valence-corrected chi connectivity index (χ0v) is 13.3. The summed E-state index contributed by atoms with van der Waals surface area (Å²) in [5, 5.41) is 21.7. The van der Waals surface area contributed by atoms with Gasteiger partial charge in [0.05, 0.1) is 12.5 Å². The minimum atomic E-state index is -0.683. The Bertz CT molecular complexity index is 409. The molecule has 0 amide bonds. The Morgan fingerprint density at radius 2 is 2.00 bits per heavy atom. The molecular weight excluding hydrogens is 264 g/mol. The molecule has 0 rings (SSSR count). The van der Waals surface area contributed by atoms with Gasteiger partial charge in [-0.25, -0.2) is 0 Å². The topological polar surface area (TPSA) is 64.9 Å². The van der Waals surface area contributed by atoms with E-state index >= 15 is 0 Å². The molecule has 1 unspecified atom stereocenters. The van der Waals surface area contributed by atoms with Gasteiger partial charge in [-0.3, -0.25) is 10.3 Å². The van der Waals surface area contributed by atoms with Crippen LogP contribution in [0.3, 0.4) is 0 Å². The molecule has 4 nitrogen and oxygen atoms in total. The van der Waals surface area contributed by atoms with E-state index in [0.717, 1.165) is 38.3 Å². The van der Waals surface area contributed by atoms with Crippen molar-refractivity contribution in [3.63, 3.8) is 0 Å². The predicted octanol–water partition coefficient (Wildman–Crippen LogP) is 4.20. The highest BCUT2D eigenvalue weighted by Crippen LogP contribution is 2.25. The molecule has 0 heterocycles. The summed E-state index contributed by atoms with van der Waals surface area (Å²) < 4.78 is 0. The number of rotatable bonds is 10. The van der Waals surface area contributed by atoms with Gasteiger partial charge in [0.25, 0.3) is 0 Å². The van der Waals surface area contributed by atoms with Gasteiger partial charge in [-0.15, -0.1) is 0 Å². The van der Waals surface area contributed by atoms with Gasteiger partial charge in [-0.2, -0.15) is 0 Å². The van der Waals surface area contributed by atoms with Crippen molar-refractivity contribution in [2.45, 2.75) is 45.7 Å². The number of hydrogen-bond donors (Lipinski definition) is 3. The molecule has 0 bridgehead atoms. The van der Waals surface area contributed by atoms with Crippen LogP contribution >= 0.6 is 0 Å². The zero-order chi connectivity index (χ0) is 16.0. The summed E-state index contributed by atoms with van der Waals surface area (Å²) in [7, 11) is 0. The summed E-state index contributed by atoms with van der Waals surface area (Å²) in [6, 6.07) is 0. The molecule has 21 heavy (non-hydrogen) atoms. The van der Waals surface area contributed by atoms with Crippen LogP contribution in [0.25, 0.3) is 0 Å². The minimum Gasteiger partial charge on any atom is -0.516 e. The lowest BCUT2D eigenvalue weighted by molar-refractivity contribution is 0.359. The summed E-state index contributed by atoms with van der Waals surface area (Å²) in [4.78, 5) is 4.54. The average molecular weight is 292 g/mol. The van der Waals surface area contributed by atoms with E-state index in [1.807, 2.05) is 32.1 Å². The lowest BCUT2D eigenvalue weighted by Crippen LogP contribution is -2.45. The summed E-state index contributed by atoms with van der Waals surface area (Å²) in [6.45, 7) is 6.71. The molecule has 0 fully saturated rings. The first-order chi connectivity index (χ1) is 10.2. The molecule has 3 N–H and O–H groups in total. The van der Waals surface area contributed by atoms with E-state index in [1.54, 1.807) is 6.21 Å². The van der Waals surface area contributed by atoms with Crippen molar-refractivity contribution in [1.29, 1.82) is 0 Å². The van der Waals surface area contributed by atoms with Gasteiger partial charge < -0.3 is 10.2 Å². The van der Waals surface area contributed by atoms with Gasteiger partial charge in [0.15, 0.2) is 0 Å². The van der Waals surface area contributed by atoms with Gasteiger partial charge >= 0.3 is 0 Å². The fourth-order valence-electron chi connectivity index (χ4n) is 2.09. The molecule has 0 aliphatic heterocycles. The molecule has 0 aliphatic rings. The van der Waals surface area contributed by atoms with Crippen LogP contribution in [-0.2, 0) is 0 Å². The van der Waals surface area contributed by atoms with E-state index in [-0.39, 0.29) is 0 Å². The summed E-state index contributed by atoms with van der Waals surface area (Å²) in [6.07, 6.45) is 15.4. The van der Waals surface area contributed by atoms with E-state index < -0.39 is 5.66 Å². The molecule has 0 aromatic rings. The van der Waals surface area contributed by atoms with Crippen LogP contribution in [0.4, 0.5) is 0 Å². The first kappa shape index (κ1) is 19.2. The van der Waals surface area contributed by atoms with E-state index in [4.69, 9.17) is 5.11 Å². The molecule has 1 atom stereocenters. The number of nitrogens with one attached hydrogen (secondary N) is 1. The van der Waals surface area contributed by atoms with Crippen molar-refractivity contribution in [2.24, 2.45) is 4.99 Å². The van der Waals surface area contributed by atoms with Crippen LogP contribution in [0.2, 0.25) is 0 Å². The highest BCUT2D eigenvalue weighted by molar-refractivity contribution is 5.71. The van der Waals surface area contributed by atoms with Crippen molar-refractivity contribution in [2.75, 3.05) is 6.54 Å². The van der Waals surface area contributed by atoms with Crippen LogP contribution in [0.1, 0.15) is 40.0 Å². The lowest BCUT2D eigenvalue weighted by Gasteiger charge is -2.31. The second-order valence-electron chi connectivity index (χ2n) is 4.60. The maximum absolute atomic E-state index is 9.57. The van der Waals surface area contributed by atoms with E-state index in [2.05, 4.69) is 23.3 Å². The highest BCUT2D eigenvalue weighted by atomic mass is 16.2. The Morgan fingerprint density at radius 1 is 1.24 bits per heavy atom. The summed E-state index contributed by atoms with van der Waals surface area (Å²) in [5.74, 6) is 0. The first-order valence-corrected chi connectivity index (χ1v) is 7.39. The molecular formula is C17H28N2O2. The fraction of sp³-hybridized carbons (Fsp3) is 0.471. The molecule has 0 spiro atoms. The molecule has 0 aliphatic carbocycles. The van der Waals surface area contributed by atoms with E-state index in [1.165, 1.54) is 6.08 Å². The Balaban J connectivity index is 5.40. The number of allylic oxidation sites excluding steroid dienone is 3. The number of hydrogen-bond acceptors (Lipinski definition) is 4. The van der Waals surface area contributed by atoms with Crippen LogP contribution in [0.5, 0.6) is 0 Å². The monoisotopic (exact) mass is 292 g/mol. The normalized spacial score (nSPS) is 16.6. The second kappa shape index (κ2) is 12.0. The van der Waals surface area contributed by atoms with E-state index in [9.17, 15) is 5.11 Å². The third kappa shape index (κ3) is 6.95. The number of aliphatic imine (C=N–C) groups is 1. The molecule has 4 heteroatoms. The van der Waals surface area contributed by atoms with Crippen molar-refractivity contribution in [3.8, 4) is 0 Å². The first-order valence-electron chi connectivity index (χ1n) is 7.39. The van der Waals surface area contributed by atoms with Crippen LogP contribution in [-0.4, -0.2) is 28.6 Å². The van der Waals surface area contributed by atoms with Gasteiger partial charge in [0.1, 0.15) is 5.66 Å². The second-order valence-corrected chi connectivity index (χ2v) is 4.60. The van der Waals surface area contributed by atoms with Crippen molar-refractivity contribution >= 4 is 6.21 Å². The molecule has 0 aromatic carbocycles. The number of aliphatic hydroxyl groups excluding tert-OH is 2. The highest BCUT2D eigenvalue weighted by Gasteiger charge is 2.30. The summed E-state index contributed by atoms with van der Waals surface area (Å²) >= 11 is 0. The van der Waals surface area contributed by atoms with Crippen LogP contribution < -0.4 is 5.32 Å². The maximum atomic E-state index is 9.57. The van der Waals surface area contributed by atoms with Gasteiger partial charge in [0, 0.05) is 18.3 Å². The van der Waals surface area contributed by atoms with Crippen LogP contribution in [0, 0.1) is 0 Å². The molecule has 0 radical (unpaired) electrons. The van der Waals surface area contributed by atoms with E-state index in [0.29, 0.717) is 5.57 Å². The van der Waals surface area contributed by atoms with Gasteiger partial charge in [-0.05, 0) is 32.8 Å². The van der Waals surface area contributed by atoms with Gasteiger partial charge in [0.2, 0.25) is 0 Å². The smallest absolute Gasteiger partial charge is 0.139 e. The third-order valence-electron chi connectivity index (χ3n) is 3.01. The number of aliphatic hydroxyl groups is 2. The largest absolute Gasteiger partial charge is 0.516 e. The molecule has 0 saturated heterocycles. The standard InChI is InChI=1S/C17H28N2O2/c1-4-7-8-12-18-17(11-6-3,19-13-9-14-20)16(15-21)10-5-2/h4-5,7,9-10,13-15,18,20-21H,6,8,11-12H2,1-3H3/b7-4+,10-5-,14-9-,16-15+,19-13-. The molecule has 0 aromatic heterocycles. The lowest BCUT2D eigenvalue weighted by atomic mass is 9.94. The minimum absolute atomic E-state index is 0.683. The van der Waals surface area contributed by atoms with Gasteiger partial charge in [-0.1, -0.05) is 37.6 Å². The summed E-state index contributed by atoms with van der Waals surface area (Å²) in [5.41, 5.74) is 0.0202. The predicted molar refractivity (Wildman–Crippen MR) is 90.9 cm³/mol. The zero-order valence-electron chi connectivity index (χ0n) is 13.3. The Labute approximate surface area is 128 Å². The Morgan fingerprint density at radius 3 is 2.52 bits per heavy atom. The molecule has 0 saturated carbocycles. The SMILES string of the molecule is C/C=C\C(=C/O)C(CCC)(/N=C\C=C/O)NCC/C=C/C. The number of nitrogens with zero attached hydrogens (tertiary/aromatic N) is 1. The van der Waals surface area contributed by atoms with Crippen molar-refractivity contribution in [1.82, 2.24) is 5.32 Å². The maximum Gasteiger partial charge on any atom is 0.139 e. The fourth-order valence-corrected chi connectivity index (χ4v) is 2.09. The Hall–Kier alpha value is -1.81. The third-order valence-corrected chi connectivity index (χ3v) is 3.01.